The van der Waals surface area contributed by atoms with Crippen LogP contribution in [0.3, 0.4) is 0 Å². The normalized spacial score (nSPS) is 11.8. The van der Waals surface area contributed by atoms with Crippen LogP contribution in [0.5, 0.6) is 0 Å². The number of aliphatic imine (C=N–C) groups is 1. The van der Waals surface area contributed by atoms with Gasteiger partial charge in [-0.1, -0.05) is 133 Å². The van der Waals surface area contributed by atoms with Crippen LogP contribution in [0.4, 0.5) is 5.69 Å². The average Bonchev–Trinajstić information content (AvgIpc) is 3.65. The highest BCUT2D eigenvalue weighted by Gasteiger charge is 2.23. The molecule has 0 bridgehead atoms. The zero-order valence-corrected chi connectivity index (χ0v) is 32.6. The average molecular weight is 778 g/mol. The molecule has 0 radical (unpaired) electrons. The number of hydrogen-bond donors (Lipinski definition) is 0. The second kappa shape index (κ2) is 15.5. The van der Waals surface area contributed by atoms with Gasteiger partial charge in [0.05, 0.1) is 16.7 Å². The van der Waals surface area contributed by atoms with E-state index in [2.05, 4.69) is 95.1 Å². The van der Waals surface area contributed by atoms with Crippen LogP contribution in [0.15, 0.2) is 215 Å². The van der Waals surface area contributed by atoms with Crippen molar-refractivity contribution < 1.29 is 4.55 Å². The Kier molecular flexibility index (Phi) is 9.42. The maximum Gasteiger partial charge on any atom is 0.166 e. The van der Waals surface area contributed by atoms with Crippen LogP contribution in [0.2, 0.25) is 0 Å². The van der Waals surface area contributed by atoms with E-state index in [1.54, 1.807) is 0 Å². The standard InChI is InChI=1S/C52H35N5OS/c1-53-46-26-13-11-24-42(46)45-34-38(29-31-49(45)59(58)41-22-9-4-10-23-41)37-28-30-48-44(33-37)43-25-12-14-27-47(43)57(48)40-21-15-20-39(32-40)52-55-50(35-16-5-2-6-17-35)54-51(56-52)36-18-7-3-8-19-36/h2-34H,1H2. The maximum absolute atomic E-state index is 14.1. The first-order valence-electron chi connectivity index (χ1n) is 19.3. The summed E-state index contributed by atoms with van der Waals surface area (Å²) in [6, 6.07) is 67.2. The highest BCUT2D eigenvalue weighted by atomic mass is 32.2. The summed E-state index contributed by atoms with van der Waals surface area (Å²) in [6.45, 7) is 3.84. The first-order chi connectivity index (χ1) is 29.1. The van der Waals surface area contributed by atoms with Crippen LogP contribution in [0, 0.1) is 0 Å². The second-order valence-electron chi connectivity index (χ2n) is 14.1. The fourth-order valence-electron chi connectivity index (χ4n) is 7.74. The van der Waals surface area contributed by atoms with Crippen molar-refractivity contribution in [1.82, 2.24) is 19.5 Å². The minimum Gasteiger partial charge on any atom is -0.606 e. The van der Waals surface area contributed by atoms with Crippen LogP contribution in [-0.4, -0.2) is 30.8 Å². The van der Waals surface area contributed by atoms with Crippen LogP contribution < -0.4 is 0 Å². The smallest absolute Gasteiger partial charge is 0.166 e. The van der Waals surface area contributed by atoms with Crippen molar-refractivity contribution in [1.29, 1.82) is 0 Å². The highest BCUT2D eigenvalue weighted by Crippen LogP contribution is 2.41. The van der Waals surface area contributed by atoms with Crippen molar-refractivity contribution in [2.45, 2.75) is 9.79 Å². The van der Waals surface area contributed by atoms with Crippen LogP contribution in [-0.2, 0) is 11.2 Å². The summed E-state index contributed by atoms with van der Waals surface area (Å²) in [4.78, 5) is 20.7. The fraction of sp³-hybridized carbons (Fsp3) is 0. The number of benzene rings is 8. The summed E-state index contributed by atoms with van der Waals surface area (Å²) in [5.41, 5.74) is 10.4. The van der Waals surface area contributed by atoms with Gasteiger partial charge in [-0.3, -0.25) is 4.99 Å². The Bertz CT molecular complexity index is 3090. The molecule has 0 aliphatic heterocycles. The predicted octanol–water partition coefficient (Wildman–Crippen LogP) is 12.8. The lowest BCUT2D eigenvalue weighted by Crippen LogP contribution is -2.04. The van der Waals surface area contributed by atoms with Gasteiger partial charge in [0.15, 0.2) is 27.3 Å². The van der Waals surface area contributed by atoms with Gasteiger partial charge in [-0.2, -0.15) is 0 Å². The zero-order chi connectivity index (χ0) is 39.7. The molecule has 8 aromatic carbocycles. The lowest BCUT2D eigenvalue weighted by Gasteiger charge is -2.17. The van der Waals surface area contributed by atoms with E-state index in [1.165, 1.54) is 0 Å². The number of rotatable bonds is 9. The molecule has 0 spiro atoms. The molecule has 1 atom stereocenters. The van der Waals surface area contributed by atoms with Crippen LogP contribution in [0.1, 0.15) is 0 Å². The minimum absolute atomic E-state index is 0.600. The third kappa shape index (κ3) is 6.78. The van der Waals surface area contributed by atoms with Crippen LogP contribution >= 0.6 is 0 Å². The Morgan fingerprint density at radius 2 is 1.00 bits per heavy atom. The Morgan fingerprint density at radius 1 is 0.441 bits per heavy atom. The zero-order valence-electron chi connectivity index (χ0n) is 31.8. The van der Waals surface area contributed by atoms with E-state index in [-0.39, 0.29) is 0 Å². The lowest BCUT2D eigenvalue weighted by molar-refractivity contribution is 0.595. The Labute approximate surface area is 345 Å². The molecule has 0 saturated heterocycles. The molecule has 0 saturated carbocycles. The van der Waals surface area contributed by atoms with Gasteiger partial charge in [0, 0.05) is 55.5 Å². The lowest BCUT2D eigenvalue weighted by atomic mass is 9.97. The molecule has 0 aliphatic rings. The Hall–Kier alpha value is -7.45. The highest BCUT2D eigenvalue weighted by molar-refractivity contribution is 7.91. The van der Waals surface area contributed by atoms with E-state index >= 15 is 0 Å². The number of hydrogen-bond acceptors (Lipinski definition) is 5. The number of fused-ring (bicyclic) bond motifs is 3. The van der Waals surface area contributed by atoms with Gasteiger partial charge >= 0.3 is 0 Å². The van der Waals surface area contributed by atoms with Crippen molar-refractivity contribution in [3.63, 3.8) is 0 Å². The number of para-hydroxylation sites is 2. The fourth-order valence-corrected chi connectivity index (χ4v) is 8.96. The van der Waals surface area contributed by atoms with Crippen LogP contribution in [0.25, 0.3) is 83.9 Å². The minimum atomic E-state index is -1.41. The quantitative estimate of drug-likeness (QED) is 0.108. The maximum atomic E-state index is 14.1. The van der Waals surface area contributed by atoms with E-state index in [0.29, 0.717) is 17.5 Å². The summed E-state index contributed by atoms with van der Waals surface area (Å²) in [6.07, 6.45) is 0. The van der Waals surface area contributed by atoms with Gasteiger partial charge in [0.2, 0.25) is 0 Å². The molecule has 0 N–H and O–H groups in total. The summed E-state index contributed by atoms with van der Waals surface area (Å²) in [7, 11) is 0. The molecule has 10 aromatic rings. The molecular formula is C52H35N5OS. The molecule has 2 heterocycles. The number of aromatic nitrogens is 4. The van der Waals surface area contributed by atoms with Crippen molar-refractivity contribution >= 4 is 45.4 Å². The molecule has 2 aromatic heterocycles. The van der Waals surface area contributed by atoms with Gasteiger partial charge in [0.1, 0.15) is 0 Å². The Morgan fingerprint density at radius 3 is 1.71 bits per heavy atom. The molecule has 10 rings (SSSR count). The molecule has 0 fully saturated rings. The topological polar surface area (TPSA) is 79.0 Å². The van der Waals surface area contributed by atoms with E-state index in [1.807, 2.05) is 121 Å². The van der Waals surface area contributed by atoms with Crippen molar-refractivity contribution in [2.75, 3.05) is 0 Å². The van der Waals surface area contributed by atoms with E-state index in [4.69, 9.17) is 15.0 Å². The first kappa shape index (κ1) is 35.9. The molecule has 280 valence electrons. The van der Waals surface area contributed by atoms with Crippen molar-refractivity contribution in [2.24, 2.45) is 4.99 Å². The van der Waals surface area contributed by atoms with E-state index in [9.17, 15) is 4.55 Å². The predicted molar refractivity (Wildman–Crippen MR) is 242 cm³/mol. The summed E-state index contributed by atoms with van der Waals surface area (Å²) in [5.74, 6) is 1.84. The Balaban J connectivity index is 1.10. The summed E-state index contributed by atoms with van der Waals surface area (Å²) in [5, 5.41) is 2.25. The third-order valence-corrected chi connectivity index (χ3v) is 12.0. The van der Waals surface area contributed by atoms with Gasteiger partial charge in [0.25, 0.3) is 0 Å². The molecule has 59 heavy (non-hydrogen) atoms. The SMILES string of the molecule is C=Nc1ccccc1-c1cc(-c2ccc3c(c2)c2ccccc2n3-c2cccc(-c3nc(-c4ccccc4)nc(-c4ccccc4)n3)c2)ccc1[S+]([O-])c1ccccc1. The first-order valence-corrected chi connectivity index (χ1v) is 20.5. The monoisotopic (exact) mass is 777 g/mol. The van der Waals surface area contributed by atoms with Crippen molar-refractivity contribution in [3.05, 3.63) is 200 Å². The van der Waals surface area contributed by atoms with Gasteiger partial charge in [-0.25, -0.2) is 15.0 Å². The molecule has 0 amide bonds. The molecular weight excluding hydrogens is 743 g/mol. The summed E-state index contributed by atoms with van der Waals surface area (Å²) < 4.78 is 16.4. The second-order valence-corrected chi connectivity index (χ2v) is 15.6. The van der Waals surface area contributed by atoms with E-state index in [0.717, 1.165) is 81.9 Å². The van der Waals surface area contributed by atoms with Gasteiger partial charge in [-0.05, 0) is 84.6 Å². The molecule has 1 unspecified atom stereocenters. The molecule has 6 nitrogen and oxygen atoms in total. The van der Waals surface area contributed by atoms with Gasteiger partial charge < -0.3 is 9.12 Å². The molecule has 7 heteroatoms. The van der Waals surface area contributed by atoms with E-state index < -0.39 is 11.2 Å². The summed E-state index contributed by atoms with van der Waals surface area (Å²) >= 11 is -1.41. The molecule has 0 aliphatic carbocycles. The third-order valence-electron chi connectivity index (χ3n) is 10.6. The largest absolute Gasteiger partial charge is 0.606 e. The van der Waals surface area contributed by atoms with Crippen molar-refractivity contribution in [3.8, 4) is 62.1 Å². The number of nitrogens with zero attached hydrogens (tertiary/aromatic N) is 5. The van der Waals surface area contributed by atoms with Gasteiger partial charge in [-0.15, -0.1) is 0 Å².